The maximum Gasteiger partial charge on any atom is 0.295 e. The zero-order valence-corrected chi connectivity index (χ0v) is 21.6. The van der Waals surface area contributed by atoms with Gasteiger partial charge in [0.15, 0.2) is 14.1 Å². The fraction of sp³-hybridized carbons (Fsp3) is 0.632. The van der Waals surface area contributed by atoms with Crippen LogP contribution in [0.2, 0.25) is 58.9 Å². The molecule has 0 N–H and O–H groups in total. The molecule has 1 rings (SSSR count). The van der Waals surface area contributed by atoms with Crippen molar-refractivity contribution in [3.05, 3.63) is 23.8 Å². The second-order valence-electron chi connectivity index (χ2n) is 9.63. The fourth-order valence-corrected chi connectivity index (χ4v) is 5.16. The summed E-state index contributed by atoms with van der Waals surface area (Å²) in [6, 6.07) is 5.80. The molecular formula is C19H36O5Si3. The molecule has 0 aliphatic rings. The van der Waals surface area contributed by atoms with E-state index in [4.69, 9.17) is 18.0 Å². The highest BCUT2D eigenvalue weighted by molar-refractivity contribution is 6.71. The third-order valence-electron chi connectivity index (χ3n) is 3.24. The lowest BCUT2D eigenvalue weighted by Crippen LogP contribution is -2.33. The zero-order chi connectivity index (χ0) is 21.0. The minimum atomic E-state index is -1.93. The topological polar surface area (TPSA) is 54.0 Å². The van der Waals surface area contributed by atoms with Crippen LogP contribution >= 0.6 is 0 Å². The molecule has 0 bridgehead atoms. The molecule has 0 aliphatic carbocycles. The molecular weight excluding hydrogens is 392 g/mol. The Hall–Kier alpha value is -1.10. The lowest BCUT2D eigenvalue weighted by Gasteiger charge is -2.28. The van der Waals surface area contributed by atoms with Crippen LogP contribution in [0.3, 0.4) is 0 Å². The van der Waals surface area contributed by atoms with E-state index in [0.29, 0.717) is 5.75 Å². The van der Waals surface area contributed by atoms with Gasteiger partial charge in [0.2, 0.25) is 16.6 Å². The van der Waals surface area contributed by atoms with Crippen LogP contribution in [-0.4, -0.2) is 38.0 Å². The predicted octanol–water partition coefficient (Wildman–Crippen LogP) is 5.57. The number of hydrogen-bond acceptors (Lipinski definition) is 5. The van der Waals surface area contributed by atoms with Gasteiger partial charge in [-0.05, 0) is 76.6 Å². The predicted molar refractivity (Wildman–Crippen MR) is 118 cm³/mol. The lowest BCUT2D eigenvalue weighted by molar-refractivity contribution is -0.137. The van der Waals surface area contributed by atoms with Crippen molar-refractivity contribution in [1.82, 2.24) is 0 Å². The van der Waals surface area contributed by atoms with E-state index in [1.165, 1.54) is 0 Å². The molecule has 8 heteroatoms. The summed E-state index contributed by atoms with van der Waals surface area (Å²) in [6.45, 7) is 18.7. The number of benzene rings is 1. The molecule has 1 aromatic carbocycles. The third kappa shape index (κ3) is 9.59. The molecule has 0 spiro atoms. The van der Waals surface area contributed by atoms with Crippen molar-refractivity contribution in [3.63, 3.8) is 0 Å². The van der Waals surface area contributed by atoms with E-state index in [1.54, 1.807) is 7.11 Å². The standard InChI is InChI=1S/C19H36O5Si3/c1-21-18-13-15(11-12-16(18)22-25(2,3)4)17(23-26(5,6)7)14-19(20)24-27(8,9)10/h11-13,17H,14H2,1-10H3. The molecule has 1 unspecified atom stereocenters. The molecule has 0 saturated carbocycles. The van der Waals surface area contributed by atoms with Crippen LogP contribution < -0.4 is 9.16 Å². The minimum Gasteiger partial charge on any atom is -0.542 e. The molecule has 0 aliphatic heterocycles. The Morgan fingerprint density at radius 2 is 1.48 bits per heavy atom. The Morgan fingerprint density at radius 3 is 1.93 bits per heavy atom. The first kappa shape index (κ1) is 23.9. The third-order valence-corrected chi connectivity index (χ3v) is 5.91. The number of hydrogen-bond donors (Lipinski definition) is 0. The highest BCUT2D eigenvalue weighted by atomic mass is 28.4. The molecule has 1 aromatic rings. The largest absolute Gasteiger partial charge is 0.542 e. The summed E-state index contributed by atoms with van der Waals surface area (Å²) in [4.78, 5) is 12.4. The second kappa shape index (κ2) is 8.93. The highest BCUT2D eigenvalue weighted by Crippen LogP contribution is 2.35. The number of ether oxygens (including phenoxy) is 1. The van der Waals surface area contributed by atoms with E-state index in [-0.39, 0.29) is 18.5 Å². The first-order valence-electron chi connectivity index (χ1n) is 9.36. The monoisotopic (exact) mass is 428 g/mol. The quantitative estimate of drug-likeness (QED) is 0.481. The summed E-state index contributed by atoms with van der Waals surface area (Å²) in [6.07, 6.45) is -0.151. The Kier molecular flexibility index (Phi) is 7.92. The van der Waals surface area contributed by atoms with Crippen molar-refractivity contribution in [2.45, 2.75) is 71.4 Å². The maximum atomic E-state index is 12.4. The van der Waals surface area contributed by atoms with E-state index in [9.17, 15) is 4.79 Å². The summed E-state index contributed by atoms with van der Waals surface area (Å²) in [5.74, 6) is 1.19. The number of carbonyl (C=O) groups is 1. The van der Waals surface area contributed by atoms with Crippen molar-refractivity contribution in [2.75, 3.05) is 7.11 Å². The van der Waals surface area contributed by atoms with Gasteiger partial charge in [-0.25, -0.2) is 0 Å². The number of carbonyl (C=O) groups excluding carboxylic acids is 1. The van der Waals surface area contributed by atoms with E-state index >= 15 is 0 Å². The van der Waals surface area contributed by atoms with Crippen molar-refractivity contribution in [1.29, 1.82) is 0 Å². The van der Waals surface area contributed by atoms with E-state index in [2.05, 4.69) is 39.3 Å². The number of methoxy groups -OCH3 is 1. The summed E-state index contributed by atoms with van der Waals surface area (Å²) < 4.78 is 23.6. The molecule has 154 valence electrons. The van der Waals surface area contributed by atoms with Gasteiger partial charge in [-0.3, -0.25) is 4.79 Å². The molecule has 5 nitrogen and oxygen atoms in total. The average Bonchev–Trinajstić information content (AvgIpc) is 2.41. The van der Waals surface area contributed by atoms with E-state index in [1.807, 2.05) is 37.8 Å². The van der Waals surface area contributed by atoms with E-state index in [0.717, 1.165) is 11.3 Å². The number of rotatable bonds is 9. The second-order valence-corrected chi connectivity index (χ2v) is 23.0. The van der Waals surface area contributed by atoms with Crippen molar-refractivity contribution >= 4 is 30.9 Å². The first-order valence-corrected chi connectivity index (χ1v) is 19.6. The van der Waals surface area contributed by atoms with E-state index < -0.39 is 25.0 Å². The Bertz CT molecular complexity index is 642. The Balaban J connectivity index is 3.15. The molecule has 1 atom stereocenters. The summed E-state index contributed by atoms with van der Waals surface area (Å²) in [7, 11) is -3.93. The van der Waals surface area contributed by atoms with Crippen LogP contribution in [-0.2, 0) is 13.6 Å². The molecule has 0 radical (unpaired) electrons. The van der Waals surface area contributed by atoms with Crippen molar-refractivity contribution in [3.8, 4) is 11.5 Å². The van der Waals surface area contributed by atoms with Gasteiger partial charge in [0, 0.05) is 0 Å². The smallest absolute Gasteiger partial charge is 0.295 e. The SMILES string of the molecule is COc1cc(C(CC(=O)O[Si](C)(C)C)O[Si](C)(C)C)ccc1O[Si](C)(C)C. The molecule has 27 heavy (non-hydrogen) atoms. The van der Waals surface area contributed by atoms with Crippen LogP contribution in [0.4, 0.5) is 0 Å². The lowest BCUT2D eigenvalue weighted by atomic mass is 10.1. The van der Waals surface area contributed by atoms with Crippen molar-refractivity contribution < 1.29 is 22.8 Å². The summed E-state index contributed by atoms with van der Waals surface area (Å²) >= 11 is 0. The van der Waals surface area contributed by atoms with Gasteiger partial charge in [-0.2, -0.15) is 0 Å². The molecule has 0 saturated heterocycles. The van der Waals surface area contributed by atoms with Gasteiger partial charge in [-0.1, -0.05) is 6.07 Å². The maximum absolute atomic E-state index is 12.4. The Labute approximate surface area is 167 Å². The van der Waals surface area contributed by atoms with Gasteiger partial charge in [0.25, 0.3) is 5.97 Å². The highest BCUT2D eigenvalue weighted by Gasteiger charge is 2.29. The molecule has 0 heterocycles. The first-order chi connectivity index (χ1) is 12.1. The fourth-order valence-electron chi connectivity index (χ4n) is 2.49. The van der Waals surface area contributed by atoms with Crippen LogP contribution in [0.25, 0.3) is 0 Å². The van der Waals surface area contributed by atoms with Gasteiger partial charge < -0.3 is 18.0 Å². The zero-order valence-electron chi connectivity index (χ0n) is 18.6. The molecule has 0 aromatic heterocycles. The van der Waals surface area contributed by atoms with Crippen molar-refractivity contribution in [2.24, 2.45) is 0 Å². The normalized spacial score (nSPS) is 13.9. The minimum absolute atomic E-state index is 0.200. The Morgan fingerprint density at radius 1 is 0.889 bits per heavy atom. The van der Waals surface area contributed by atoms with Crippen LogP contribution in [0, 0.1) is 0 Å². The molecule has 0 amide bonds. The van der Waals surface area contributed by atoms with Crippen LogP contribution in [0.5, 0.6) is 11.5 Å². The van der Waals surface area contributed by atoms with Gasteiger partial charge >= 0.3 is 0 Å². The summed E-state index contributed by atoms with van der Waals surface area (Å²) in [5, 5.41) is 0. The van der Waals surface area contributed by atoms with Crippen LogP contribution in [0.15, 0.2) is 18.2 Å². The van der Waals surface area contributed by atoms with Gasteiger partial charge in [0.05, 0.1) is 19.6 Å². The summed E-state index contributed by atoms with van der Waals surface area (Å²) in [5.41, 5.74) is 0.907. The molecule has 0 fully saturated rings. The average molecular weight is 429 g/mol. The van der Waals surface area contributed by atoms with Gasteiger partial charge in [0.1, 0.15) is 5.75 Å². The van der Waals surface area contributed by atoms with Gasteiger partial charge in [-0.15, -0.1) is 0 Å². The van der Waals surface area contributed by atoms with Crippen LogP contribution in [0.1, 0.15) is 18.1 Å².